The van der Waals surface area contributed by atoms with Crippen molar-refractivity contribution in [2.24, 2.45) is 11.3 Å². The van der Waals surface area contributed by atoms with Gasteiger partial charge in [0.1, 0.15) is 5.15 Å². The first-order chi connectivity index (χ1) is 8.90. The van der Waals surface area contributed by atoms with E-state index in [-0.39, 0.29) is 17.2 Å². The number of carbonyl (C=O) groups excluding carboxylic acids is 1. The van der Waals surface area contributed by atoms with Gasteiger partial charge in [-0.3, -0.25) is 4.79 Å². The Morgan fingerprint density at radius 3 is 2.84 bits per heavy atom. The summed E-state index contributed by atoms with van der Waals surface area (Å²) in [6.45, 7) is 6.25. The molecule has 1 aromatic heterocycles. The van der Waals surface area contributed by atoms with E-state index in [9.17, 15) is 4.79 Å². The lowest BCUT2D eigenvalue weighted by atomic mass is 9.68. The molecule has 0 aromatic carbocycles. The average Bonchev–Trinajstić information content (AvgIpc) is 2.33. The van der Waals surface area contributed by atoms with Crippen molar-refractivity contribution in [1.29, 1.82) is 0 Å². The van der Waals surface area contributed by atoms with Crippen molar-refractivity contribution >= 4 is 23.2 Å². The van der Waals surface area contributed by atoms with Crippen molar-refractivity contribution in [3.8, 4) is 0 Å². The van der Waals surface area contributed by atoms with Crippen molar-refractivity contribution in [1.82, 2.24) is 4.98 Å². The molecular formula is C15H21ClN2O. The van der Waals surface area contributed by atoms with E-state index in [1.807, 2.05) is 13.0 Å². The molecule has 19 heavy (non-hydrogen) atoms. The van der Waals surface area contributed by atoms with Crippen molar-refractivity contribution in [2.45, 2.75) is 46.5 Å². The van der Waals surface area contributed by atoms with Crippen LogP contribution in [-0.2, 0) is 4.79 Å². The van der Waals surface area contributed by atoms with Crippen LogP contribution >= 0.6 is 11.6 Å². The van der Waals surface area contributed by atoms with Gasteiger partial charge in [0.25, 0.3) is 0 Å². The predicted molar refractivity (Wildman–Crippen MR) is 78.4 cm³/mol. The third kappa shape index (κ3) is 3.27. The molecule has 1 aliphatic rings. The Morgan fingerprint density at radius 2 is 2.21 bits per heavy atom. The summed E-state index contributed by atoms with van der Waals surface area (Å²) in [5.41, 5.74) is 1.69. The lowest BCUT2D eigenvalue weighted by Gasteiger charge is -2.37. The Kier molecular flexibility index (Phi) is 4.14. The molecule has 0 bridgehead atoms. The maximum absolute atomic E-state index is 12.4. The average molecular weight is 281 g/mol. The first kappa shape index (κ1) is 14.3. The highest BCUT2D eigenvalue weighted by Crippen LogP contribution is 2.41. The summed E-state index contributed by atoms with van der Waals surface area (Å²) in [5, 5.41) is 3.46. The van der Waals surface area contributed by atoms with Gasteiger partial charge in [-0.25, -0.2) is 4.98 Å². The number of nitrogens with one attached hydrogen (secondary N) is 1. The zero-order valence-corrected chi connectivity index (χ0v) is 12.5. The minimum Gasteiger partial charge on any atom is -0.324 e. The Labute approximate surface area is 119 Å². The number of aromatic nitrogens is 1. The third-order valence-corrected chi connectivity index (χ3v) is 4.50. The minimum absolute atomic E-state index is 0.0806. The van der Waals surface area contributed by atoms with Gasteiger partial charge >= 0.3 is 0 Å². The number of nitrogens with zero attached hydrogens (tertiary/aromatic N) is 1. The molecule has 1 aromatic rings. The molecule has 0 aliphatic heterocycles. The fourth-order valence-corrected chi connectivity index (χ4v) is 2.94. The highest BCUT2D eigenvalue weighted by molar-refractivity contribution is 6.30. The van der Waals surface area contributed by atoms with Crippen LogP contribution in [-0.4, -0.2) is 10.9 Å². The van der Waals surface area contributed by atoms with Gasteiger partial charge in [-0.2, -0.15) is 0 Å². The third-order valence-electron chi connectivity index (χ3n) is 4.11. The summed E-state index contributed by atoms with van der Waals surface area (Å²) < 4.78 is 0. The van der Waals surface area contributed by atoms with E-state index in [1.54, 1.807) is 6.20 Å². The Hall–Kier alpha value is -1.09. The normalized spacial score (nSPS) is 22.0. The molecule has 1 saturated carbocycles. The summed E-state index contributed by atoms with van der Waals surface area (Å²) in [7, 11) is 0. The van der Waals surface area contributed by atoms with Crippen molar-refractivity contribution in [2.75, 3.05) is 5.32 Å². The summed E-state index contributed by atoms with van der Waals surface area (Å²) in [6.07, 6.45) is 6.06. The second-order valence-electron chi connectivity index (χ2n) is 6.11. The number of amides is 1. The molecule has 1 atom stereocenters. The zero-order chi connectivity index (χ0) is 14.0. The van der Waals surface area contributed by atoms with E-state index in [0.717, 1.165) is 30.5 Å². The second-order valence-corrected chi connectivity index (χ2v) is 6.47. The molecule has 0 saturated heterocycles. The van der Waals surface area contributed by atoms with Gasteiger partial charge in [0.05, 0.1) is 11.9 Å². The molecule has 1 amide bonds. The number of carbonyl (C=O) groups is 1. The van der Waals surface area contributed by atoms with Crippen molar-refractivity contribution in [3.63, 3.8) is 0 Å². The quantitative estimate of drug-likeness (QED) is 0.825. The van der Waals surface area contributed by atoms with Gasteiger partial charge in [0, 0.05) is 5.92 Å². The molecule has 0 radical (unpaired) electrons. The number of halogens is 1. The molecule has 1 aliphatic carbocycles. The van der Waals surface area contributed by atoms with Crippen LogP contribution in [0.1, 0.15) is 45.1 Å². The van der Waals surface area contributed by atoms with E-state index in [0.29, 0.717) is 5.15 Å². The number of pyridine rings is 1. The standard InChI is InChI=1S/C15H21ClN2O/c1-10-8-11(9-17-13(10)16)18-14(19)12-6-4-5-7-15(12,2)3/h8-9,12H,4-7H2,1-3H3,(H,18,19). The lowest BCUT2D eigenvalue weighted by molar-refractivity contribution is -0.124. The van der Waals surface area contributed by atoms with Gasteiger partial charge in [-0.05, 0) is 36.8 Å². The first-order valence-corrected chi connectivity index (χ1v) is 7.21. The largest absolute Gasteiger partial charge is 0.324 e. The topological polar surface area (TPSA) is 42.0 Å². The van der Waals surface area contributed by atoms with Crippen molar-refractivity contribution < 1.29 is 4.79 Å². The number of aryl methyl sites for hydroxylation is 1. The van der Waals surface area contributed by atoms with Gasteiger partial charge in [-0.15, -0.1) is 0 Å². The van der Waals surface area contributed by atoms with Crippen LogP contribution in [0, 0.1) is 18.3 Å². The van der Waals surface area contributed by atoms with Gasteiger partial charge in [-0.1, -0.05) is 38.3 Å². The molecule has 1 unspecified atom stereocenters. The molecule has 4 heteroatoms. The maximum Gasteiger partial charge on any atom is 0.228 e. The molecule has 1 N–H and O–H groups in total. The molecule has 3 nitrogen and oxygen atoms in total. The second kappa shape index (κ2) is 5.49. The Balaban J connectivity index is 2.09. The van der Waals surface area contributed by atoms with Crippen LogP contribution in [0.2, 0.25) is 5.15 Å². The van der Waals surface area contributed by atoms with Crippen molar-refractivity contribution in [3.05, 3.63) is 23.0 Å². The van der Waals surface area contributed by atoms with Crippen LogP contribution in [0.25, 0.3) is 0 Å². The Bertz CT molecular complexity index is 485. The minimum atomic E-state index is 0.0806. The fourth-order valence-electron chi connectivity index (χ4n) is 2.84. The highest BCUT2D eigenvalue weighted by Gasteiger charge is 2.37. The van der Waals surface area contributed by atoms with E-state index >= 15 is 0 Å². The number of hydrogen-bond acceptors (Lipinski definition) is 2. The lowest BCUT2D eigenvalue weighted by Crippen LogP contribution is -2.37. The SMILES string of the molecule is Cc1cc(NC(=O)C2CCCCC2(C)C)cnc1Cl. The van der Waals surface area contributed by atoms with Gasteiger partial charge in [0.2, 0.25) is 5.91 Å². The number of hydrogen-bond donors (Lipinski definition) is 1. The van der Waals surface area contributed by atoms with E-state index in [4.69, 9.17) is 11.6 Å². The monoisotopic (exact) mass is 280 g/mol. The fraction of sp³-hybridized carbons (Fsp3) is 0.600. The van der Waals surface area contributed by atoms with E-state index in [2.05, 4.69) is 24.1 Å². The molecule has 1 heterocycles. The van der Waals surface area contributed by atoms with E-state index in [1.165, 1.54) is 6.42 Å². The first-order valence-electron chi connectivity index (χ1n) is 6.83. The highest BCUT2D eigenvalue weighted by atomic mass is 35.5. The van der Waals surface area contributed by atoms with E-state index < -0.39 is 0 Å². The summed E-state index contributed by atoms with van der Waals surface area (Å²) >= 11 is 5.89. The predicted octanol–water partition coefficient (Wildman–Crippen LogP) is 4.20. The summed E-state index contributed by atoms with van der Waals surface area (Å²) in [6, 6.07) is 1.86. The van der Waals surface area contributed by atoms with Gasteiger partial charge in [0.15, 0.2) is 0 Å². The van der Waals surface area contributed by atoms with Crippen LogP contribution in [0.15, 0.2) is 12.3 Å². The smallest absolute Gasteiger partial charge is 0.228 e. The van der Waals surface area contributed by atoms with Crippen LogP contribution in [0.3, 0.4) is 0 Å². The van der Waals surface area contributed by atoms with Crippen LogP contribution in [0.4, 0.5) is 5.69 Å². The molecule has 104 valence electrons. The number of rotatable bonds is 2. The molecule has 1 fully saturated rings. The van der Waals surface area contributed by atoms with Crippen LogP contribution < -0.4 is 5.32 Å². The molecular weight excluding hydrogens is 260 g/mol. The van der Waals surface area contributed by atoms with Gasteiger partial charge < -0.3 is 5.32 Å². The molecule has 0 spiro atoms. The maximum atomic E-state index is 12.4. The Morgan fingerprint density at radius 1 is 1.47 bits per heavy atom. The summed E-state index contributed by atoms with van der Waals surface area (Å²) in [5.74, 6) is 0.186. The summed E-state index contributed by atoms with van der Waals surface area (Å²) in [4.78, 5) is 16.5. The zero-order valence-electron chi connectivity index (χ0n) is 11.8. The van der Waals surface area contributed by atoms with Crippen LogP contribution in [0.5, 0.6) is 0 Å². The molecule has 2 rings (SSSR count). The number of anilines is 1.